The summed E-state index contributed by atoms with van der Waals surface area (Å²) < 4.78 is 23.9. The largest absolute Gasteiger partial charge is 0.224 e. The van der Waals surface area contributed by atoms with Gasteiger partial charge in [-0.25, -0.2) is 8.42 Å². The van der Waals surface area contributed by atoms with Crippen molar-refractivity contribution in [2.24, 2.45) is 0 Å². The van der Waals surface area contributed by atoms with Crippen molar-refractivity contribution in [3.8, 4) is 0 Å². The van der Waals surface area contributed by atoms with Gasteiger partial charge < -0.3 is 0 Å². The molecule has 0 fully saturated rings. The molecule has 0 aromatic heterocycles. The molecule has 0 radical (unpaired) electrons. The van der Waals surface area contributed by atoms with E-state index in [4.69, 9.17) is 0 Å². The molecular weight excluding hydrogens is 220 g/mol. The second-order valence-electron chi connectivity index (χ2n) is 4.89. The molecule has 0 amide bonds. The van der Waals surface area contributed by atoms with Crippen LogP contribution in [0.5, 0.6) is 0 Å². The van der Waals surface area contributed by atoms with E-state index in [1.54, 1.807) is 0 Å². The van der Waals surface area contributed by atoms with Gasteiger partial charge in [0.2, 0.25) is 0 Å². The minimum atomic E-state index is -3.01. The SMILES string of the molecule is Cc1cc2c(cc1C(C)C)S(=O)(=O)CCC2. The van der Waals surface area contributed by atoms with E-state index in [1.807, 2.05) is 6.07 Å². The van der Waals surface area contributed by atoms with Crippen LogP contribution in [-0.4, -0.2) is 14.2 Å². The number of benzene rings is 1. The fraction of sp³-hybridized carbons (Fsp3) is 0.538. The van der Waals surface area contributed by atoms with Gasteiger partial charge in [0, 0.05) is 0 Å². The van der Waals surface area contributed by atoms with E-state index in [9.17, 15) is 8.42 Å². The first-order valence-electron chi connectivity index (χ1n) is 5.78. The molecular formula is C13H18O2S. The summed E-state index contributed by atoms with van der Waals surface area (Å²) in [5.74, 6) is 0.683. The molecule has 0 spiro atoms. The van der Waals surface area contributed by atoms with Crippen LogP contribution in [-0.2, 0) is 16.3 Å². The maximum atomic E-state index is 12.0. The first-order valence-corrected chi connectivity index (χ1v) is 7.43. The first kappa shape index (κ1) is 11.6. The van der Waals surface area contributed by atoms with Crippen molar-refractivity contribution in [3.05, 3.63) is 28.8 Å². The van der Waals surface area contributed by atoms with Crippen molar-refractivity contribution in [3.63, 3.8) is 0 Å². The van der Waals surface area contributed by atoms with Crippen LogP contribution in [0.1, 0.15) is 42.9 Å². The van der Waals surface area contributed by atoms with Crippen molar-refractivity contribution in [2.45, 2.75) is 44.4 Å². The van der Waals surface area contributed by atoms with Crippen LogP contribution in [0.15, 0.2) is 17.0 Å². The monoisotopic (exact) mass is 238 g/mol. The number of hydrogen-bond donors (Lipinski definition) is 0. The zero-order valence-corrected chi connectivity index (χ0v) is 10.9. The van der Waals surface area contributed by atoms with Crippen LogP contribution in [0, 0.1) is 6.92 Å². The second-order valence-corrected chi connectivity index (χ2v) is 6.97. The van der Waals surface area contributed by atoms with Gasteiger partial charge in [-0.15, -0.1) is 0 Å². The number of rotatable bonds is 1. The molecule has 0 unspecified atom stereocenters. The molecule has 1 heterocycles. The maximum absolute atomic E-state index is 12.0. The van der Waals surface area contributed by atoms with Crippen LogP contribution in [0.2, 0.25) is 0 Å². The predicted molar refractivity (Wildman–Crippen MR) is 65.6 cm³/mol. The van der Waals surface area contributed by atoms with Crippen molar-refractivity contribution < 1.29 is 8.42 Å². The molecule has 88 valence electrons. The molecule has 2 nitrogen and oxygen atoms in total. The molecule has 1 aliphatic heterocycles. The minimum absolute atomic E-state index is 0.306. The lowest BCUT2D eigenvalue weighted by Gasteiger charge is -2.20. The van der Waals surface area contributed by atoms with Gasteiger partial charge in [0.25, 0.3) is 0 Å². The van der Waals surface area contributed by atoms with Crippen LogP contribution >= 0.6 is 0 Å². The normalized spacial score (nSPS) is 18.5. The summed E-state index contributed by atoms with van der Waals surface area (Å²) in [6.45, 7) is 6.27. The highest BCUT2D eigenvalue weighted by Crippen LogP contribution is 2.30. The van der Waals surface area contributed by atoms with Crippen LogP contribution in [0.25, 0.3) is 0 Å². The highest BCUT2D eigenvalue weighted by atomic mass is 32.2. The van der Waals surface area contributed by atoms with Gasteiger partial charge in [0.05, 0.1) is 10.6 Å². The van der Waals surface area contributed by atoms with E-state index < -0.39 is 9.84 Å². The molecule has 16 heavy (non-hydrogen) atoms. The summed E-state index contributed by atoms with van der Waals surface area (Å²) in [5.41, 5.74) is 3.38. The highest BCUT2D eigenvalue weighted by Gasteiger charge is 2.24. The standard InChI is InChI=1S/C13H18O2S/c1-9(2)12-8-13-11(7-10(12)3)5-4-6-16(13,14)15/h7-9H,4-6H2,1-3H3. The third-order valence-corrected chi connectivity index (χ3v) is 5.14. The summed E-state index contributed by atoms with van der Waals surface area (Å²) >= 11 is 0. The van der Waals surface area contributed by atoms with E-state index in [0.29, 0.717) is 16.6 Å². The molecule has 3 heteroatoms. The fourth-order valence-electron chi connectivity index (χ4n) is 2.43. The van der Waals surface area contributed by atoms with E-state index in [0.717, 1.165) is 24.0 Å². The number of hydrogen-bond acceptors (Lipinski definition) is 2. The summed E-state index contributed by atoms with van der Waals surface area (Å²) in [7, 11) is -3.01. The van der Waals surface area contributed by atoms with Crippen molar-refractivity contribution in [1.82, 2.24) is 0 Å². The Bertz CT molecular complexity index is 513. The van der Waals surface area contributed by atoms with E-state index in [2.05, 4.69) is 26.8 Å². The van der Waals surface area contributed by atoms with Crippen LogP contribution in [0.3, 0.4) is 0 Å². The van der Waals surface area contributed by atoms with Gasteiger partial charge in [-0.3, -0.25) is 0 Å². The lowest BCUT2D eigenvalue weighted by Crippen LogP contribution is -2.17. The average Bonchev–Trinajstić information content (AvgIpc) is 2.15. The third-order valence-electron chi connectivity index (χ3n) is 3.27. The first-order chi connectivity index (χ1) is 7.42. The summed E-state index contributed by atoms with van der Waals surface area (Å²) in [6.07, 6.45) is 1.66. The maximum Gasteiger partial charge on any atom is 0.178 e. The van der Waals surface area contributed by atoms with Gasteiger partial charge >= 0.3 is 0 Å². The van der Waals surface area contributed by atoms with Gasteiger partial charge in [0.1, 0.15) is 0 Å². The Labute approximate surface area is 97.6 Å². The quantitative estimate of drug-likeness (QED) is 0.754. The molecule has 1 aromatic carbocycles. The molecule has 0 bridgehead atoms. The molecule has 0 saturated carbocycles. The molecule has 0 N–H and O–H groups in total. The predicted octanol–water partition coefficient (Wildman–Crippen LogP) is 2.84. The molecule has 1 aromatic rings. The lowest BCUT2D eigenvalue weighted by atomic mass is 9.95. The smallest absolute Gasteiger partial charge is 0.178 e. The zero-order valence-electron chi connectivity index (χ0n) is 10.1. The zero-order chi connectivity index (χ0) is 11.9. The third kappa shape index (κ3) is 1.88. The topological polar surface area (TPSA) is 34.1 Å². The second kappa shape index (κ2) is 3.88. The van der Waals surface area contributed by atoms with Crippen LogP contribution < -0.4 is 0 Å². The summed E-state index contributed by atoms with van der Waals surface area (Å²) in [6, 6.07) is 3.95. The number of aryl methyl sites for hydroxylation is 2. The van der Waals surface area contributed by atoms with E-state index in [-0.39, 0.29) is 0 Å². The molecule has 2 rings (SSSR count). The Kier molecular flexibility index (Phi) is 2.82. The van der Waals surface area contributed by atoms with E-state index in [1.165, 1.54) is 5.56 Å². The Balaban J connectivity index is 2.67. The Morgan fingerprint density at radius 1 is 1.25 bits per heavy atom. The average molecular weight is 238 g/mol. The summed E-state index contributed by atoms with van der Waals surface area (Å²) in [4.78, 5) is 0.577. The minimum Gasteiger partial charge on any atom is -0.224 e. The van der Waals surface area contributed by atoms with Gasteiger partial charge in [-0.05, 0) is 48.4 Å². The van der Waals surface area contributed by atoms with Crippen LogP contribution in [0.4, 0.5) is 0 Å². The molecule has 1 aliphatic rings. The summed E-state index contributed by atoms with van der Waals surface area (Å²) in [5, 5.41) is 0. The molecule has 0 saturated heterocycles. The lowest BCUT2D eigenvalue weighted by molar-refractivity contribution is 0.586. The fourth-order valence-corrected chi connectivity index (χ4v) is 4.04. The van der Waals surface area contributed by atoms with E-state index >= 15 is 0 Å². The Morgan fingerprint density at radius 3 is 2.56 bits per heavy atom. The van der Waals surface area contributed by atoms with Crippen molar-refractivity contribution in [1.29, 1.82) is 0 Å². The van der Waals surface area contributed by atoms with Crippen molar-refractivity contribution in [2.75, 3.05) is 5.75 Å². The van der Waals surface area contributed by atoms with Gasteiger partial charge in [-0.1, -0.05) is 19.9 Å². The van der Waals surface area contributed by atoms with Gasteiger partial charge in [0.15, 0.2) is 9.84 Å². The number of sulfone groups is 1. The Morgan fingerprint density at radius 2 is 1.94 bits per heavy atom. The highest BCUT2D eigenvalue weighted by molar-refractivity contribution is 7.91. The molecule has 0 atom stereocenters. The van der Waals surface area contributed by atoms with Crippen molar-refractivity contribution >= 4 is 9.84 Å². The Hall–Kier alpha value is -0.830. The van der Waals surface area contributed by atoms with Gasteiger partial charge in [-0.2, -0.15) is 0 Å². The number of fused-ring (bicyclic) bond motifs is 1. The molecule has 0 aliphatic carbocycles.